The first kappa shape index (κ1) is 14.1. The van der Waals surface area contributed by atoms with Crippen LogP contribution in [0, 0.1) is 0 Å². The lowest BCUT2D eigenvalue weighted by atomic mass is 10.2. The Hall–Kier alpha value is -0.890. The summed E-state index contributed by atoms with van der Waals surface area (Å²) < 4.78 is 104. The molecule has 90 valence electrons. The molecule has 0 radical (unpaired) electrons. The minimum Gasteiger partial charge on any atom is -0.202 e. The Morgan fingerprint density at radius 1 is 0.867 bits per heavy atom. The van der Waals surface area contributed by atoms with Gasteiger partial charge >= 0.3 is 18.3 Å². The van der Waals surface area contributed by atoms with Crippen LogP contribution < -0.4 is 0 Å². The Morgan fingerprint density at radius 2 is 1.27 bits per heavy atom. The number of allylic oxidation sites excluding steroid dienone is 2. The van der Waals surface area contributed by atoms with Crippen molar-refractivity contribution in [2.45, 2.75) is 24.7 Å². The van der Waals surface area contributed by atoms with E-state index in [4.69, 9.17) is 0 Å². The molecule has 0 aromatic carbocycles. The third-order valence-electron chi connectivity index (χ3n) is 1.22. The Morgan fingerprint density at radius 3 is 1.53 bits per heavy atom. The largest absolute Gasteiger partial charge is 0.453 e. The molecule has 0 rings (SSSR count). The molecule has 0 heterocycles. The van der Waals surface area contributed by atoms with Crippen molar-refractivity contribution in [3.8, 4) is 0 Å². The minimum atomic E-state index is -6.00. The second-order valence-corrected chi connectivity index (χ2v) is 2.46. The minimum absolute atomic E-state index is 0.840. The van der Waals surface area contributed by atoms with Crippen molar-refractivity contribution in [3.05, 3.63) is 11.9 Å². The maximum Gasteiger partial charge on any atom is 0.453 e. The van der Waals surface area contributed by atoms with Gasteiger partial charge in [0.15, 0.2) is 5.83 Å². The zero-order chi connectivity index (χ0) is 12.5. The highest BCUT2D eigenvalue weighted by Crippen LogP contribution is 2.39. The van der Waals surface area contributed by atoms with E-state index < -0.39 is 36.6 Å². The summed E-state index contributed by atoms with van der Waals surface area (Å²) in [5, 5.41) is 0. The third kappa shape index (κ3) is 4.00. The van der Waals surface area contributed by atoms with Crippen molar-refractivity contribution < 1.29 is 39.5 Å². The number of rotatable bonds is 2. The molecule has 0 N–H and O–H groups in total. The summed E-state index contributed by atoms with van der Waals surface area (Å²) in [5.41, 5.74) is 0. The molecule has 0 aliphatic carbocycles. The van der Waals surface area contributed by atoms with Gasteiger partial charge in [0, 0.05) is 6.42 Å². The molecule has 0 nitrogen and oxygen atoms in total. The highest BCUT2D eigenvalue weighted by atomic mass is 19.4. The highest BCUT2D eigenvalue weighted by molar-refractivity contribution is 5.01. The molecule has 0 aromatic heterocycles. The summed E-state index contributed by atoms with van der Waals surface area (Å²) >= 11 is 0. The van der Waals surface area contributed by atoms with Gasteiger partial charge in [-0.3, -0.25) is 0 Å². The Labute approximate surface area is 77.4 Å². The van der Waals surface area contributed by atoms with Crippen LogP contribution in [0.5, 0.6) is 0 Å². The van der Waals surface area contributed by atoms with E-state index in [1.54, 1.807) is 0 Å². The van der Waals surface area contributed by atoms with E-state index >= 15 is 0 Å². The maximum atomic E-state index is 12.0. The number of alkyl halides is 8. The average molecular weight is 246 g/mol. The molecule has 0 aliphatic heterocycles. The molecule has 0 atom stereocenters. The quantitative estimate of drug-likeness (QED) is 0.646. The van der Waals surface area contributed by atoms with Gasteiger partial charge in [0.05, 0.1) is 0 Å². The zero-order valence-electron chi connectivity index (χ0n) is 6.69. The number of hydrogen-bond acceptors (Lipinski definition) is 0. The van der Waals surface area contributed by atoms with Crippen molar-refractivity contribution >= 4 is 0 Å². The number of hydrogen-bond donors (Lipinski definition) is 0. The summed E-state index contributed by atoms with van der Waals surface area (Å²) in [6, 6.07) is 0. The van der Waals surface area contributed by atoms with Gasteiger partial charge in [0.1, 0.15) is 0 Å². The van der Waals surface area contributed by atoms with Gasteiger partial charge in [0.25, 0.3) is 0 Å². The van der Waals surface area contributed by atoms with Crippen LogP contribution in [0.1, 0.15) is 6.42 Å². The molecular weight excluding hydrogens is 243 g/mol. The number of halogens is 9. The first-order valence-corrected chi connectivity index (χ1v) is 3.25. The maximum absolute atomic E-state index is 12.0. The van der Waals surface area contributed by atoms with E-state index in [1.807, 2.05) is 0 Å². The van der Waals surface area contributed by atoms with E-state index in [0.717, 1.165) is 0 Å². The van der Waals surface area contributed by atoms with Crippen LogP contribution in [-0.2, 0) is 0 Å². The topological polar surface area (TPSA) is 0 Å². The van der Waals surface area contributed by atoms with Gasteiger partial charge in [-0.2, -0.15) is 35.1 Å². The van der Waals surface area contributed by atoms with Crippen molar-refractivity contribution in [2.75, 3.05) is 0 Å². The average Bonchev–Trinajstić information content (AvgIpc) is 1.96. The van der Waals surface area contributed by atoms with Crippen LogP contribution in [0.2, 0.25) is 0 Å². The molecule has 0 saturated heterocycles. The molecule has 0 aromatic rings. The Balaban J connectivity index is 4.65. The SMILES string of the molecule is F/C(=C/CC(F)(F)C(F)(F)F)C(F)(F)F. The fraction of sp³-hybridized carbons (Fsp3) is 0.667. The fourth-order valence-corrected chi connectivity index (χ4v) is 0.449. The van der Waals surface area contributed by atoms with Gasteiger partial charge in [-0.15, -0.1) is 0 Å². The molecule has 0 unspecified atom stereocenters. The summed E-state index contributed by atoms with van der Waals surface area (Å²) in [5.74, 6) is -8.36. The lowest BCUT2D eigenvalue weighted by Gasteiger charge is -2.17. The van der Waals surface area contributed by atoms with E-state index in [0.29, 0.717) is 0 Å². The molecule has 0 aliphatic rings. The van der Waals surface area contributed by atoms with Crippen LogP contribution >= 0.6 is 0 Å². The molecule has 0 amide bonds. The molecule has 0 bridgehead atoms. The first-order chi connectivity index (χ1) is 6.38. The van der Waals surface area contributed by atoms with Crippen LogP contribution in [0.3, 0.4) is 0 Å². The monoisotopic (exact) mass is 246 g/mol. The molecule has 15 heavy (non-hydrogen) atoms. The summed E-state index contributed by atoms with van der Waals surface area (Å²) in [6.07, 6.45) is -14.8. The van der Waals surface area contributed by atoms with Crippen LogP contribution in [0.25, 0.3) is 0 Å². The van der Waals surface area contributed by atoms with E-state index in [1.165, 1.54) is 0 Å². The second kappa shape index (κ2) is 3.93. The van der Waals surface area contributed by atoms with Gasteiger partial charge in [-0.1, -0.05) is 0 Å². The summed E-state index contributed by atoms with van der Waals surface area (Å²) in [6.45, 7) is 0. The van der Waals surface area contributed by atoms with Crippen LogP contribution in [0.15, 0.2) is 11.9 Å². The van der Waals surface area contributed by atoms with Gasteiger partial charge < -0.3 is 0 Å². The van der Waals surface area contributed by atoms with Crippen molar-refractivity contribution in [1.29, 1.82) is 0 Å². The van der Waals surface area contributed by atoms with Gasteiger partial charge in [0.2, 0.25) is 0 Å². The lowest BCUT2D eigenvalue weighted by molar-refractivity contribution is -0.280. The smallest absolute Gasteiger partial charge is 0.202 e. The van der Waals surface area contributed by atoms with Crippen molar-refractivity contribution in [1.82, 2.24) is 0 Å². The Bertz CT molecular complexity index is 242. The summed E-state index contributed by atoms with van der Waals surface area (Å²) in [4.78, 5) is 0. The van der Waals surface area contributed by atoms with Gasteiger partial charge in [-0.05, 0) is 6.08 Å². The molecule has 0 fully saturated rings. The summed E-state index contributed by atoms with van der Waals surface area (Å²) in [7, 11) is 0. The predicted octanol–water partition coefficient (Wildman–Crippen LogP) is 3.99. The van der Waals surface area contributed by atoms with Crippen molar-refractivity contribution in [3.63, 3.8) is 0 Å². The fourth-order valence-electron chi connectivity index (χ4n) is 0.449. The molecule has 9 heteroatoms. The normalized spacial score (nSPS) is 15.7. The van der Waals surface area contributed by atoms with Crippen molar-refractivity contribution in [2.24, 2.45) is 0 Å². The van der Waals surface area contributed by atoms with E-state index in [9.17, 15) is 39.5 Å². The predicted molar refractivity (Wildman–Crippen MR) is 30.9 cm³/mol. The van der Waals surface area contributed by atoms with Crippen LogP contribution in [0.4, 0.5) is 39.5 Å². The Kier molecular flexibility index (Phi) is 3.70. The molecular formula is C6H3F9. The highest BCUT2D eigenvalue weighted by Gasteiger charge is 2.56. The van der Waals surface area contributed by atoms with E-state index in [2.05, 4.69) is 0 Å². The molecule has 0 spiro atoms. The third-order valence-corrected chi connectivity index (χ3v) is 1.22. The lowest BCUT2D eigenvalue weighted by Crippen LogP contribution is -2.35. The zero-order valence-corrected chi connectivity index (χ0v) is 6.69. The van der Waals surface area contributed by atoms with Crippen LogP contribution in [-0.4, -0.2) is 18.3 Å². The van der Waals surface area contributed by atoms with Gasteiger partial charge in [-0.25, -0.2) is 4.39 Å². The standard InChI is InChI=1S/C6H3F9/c7-3(5(10,11)12)1-2-4(8,9)6(13,14)15/h1H,2H2/b3-1+. The molecule has 0 saturated carbocycles. The second-order valence-electron chi connectivity index (χ2n) is 2.46. The van der Waals surface area contributed by atoms with E-state index in [-0.39, 0.29) is 0 Å². The first-order valence-electron chi connectivity index (χ1n) is 3.25.